The summed E-state index contributed by atoms with van der Waals surface area (Å²) in [6, 6.07) is 5.17. The first-order valence-corrected chi connectivity index (χ1v) is 7.58. The smallest absolute Gasteiger partial charge is 0.240 e. The number of hydrogen-bond donors (Lipinski definition) is 2. The van der Waals surface area contributed by atoms with Gasteiger partial charge in [0.2, 0.25) is 10.0 Å². The molecule has 1 aromatic carbocycles. The molecule has 19 heavy (non-hydrogen) atoms. The summed E-state index contributed by atoms with van der Waals surface area (Å²) >= 11 is 0. The monoisotopic (exact) mass is 287 g/mol. The number of ether oxygens (including phenoxy) is 1. The van der Waals surface area contributed by atoms with E-state index in [1.54, 1.807) is 12.1 Å². The van der Waals surface area contributed by atoms with Gasteiger partial charge in [-0.25, -0.2) is 13.1 Å². The number of hydrogen-bond acceptors (Lipinski definition) is 4. The highest BCUT2D eigenvalue weighted by Crippen LogP contribution is 2.14. The van der Waals surface area contributed by atoms with Crippen molar-refractivity contribution in [3.63, 3.8) is 0 Å². The van der Waals surface area contributed by atoms with Crippen LogP contribution in [0.25, 0.3) is 0 Å². The Morgan fingerprint density at radius 1 is 1.26 bits per heavy atom. The molecule has 0 aliphatic heterocycles. The summed E-state index contributed by atoms with van der Waals surface area (Å²) in [6.07, 6.45) is -0.343. The normalized spacial score (nSPS) is 13.5. The van der Waals surface area contributed by atoms with Crippen LogP contribution in [-0.2, 0) is 14.8 Å². The summed E-state index contributed by atoms with van der Waals surface area (Å²) in [5, 5.41) is 9.44. The average Bonchev–Trinajstić information content (AvgIpc) is 2.27. The van der Waals surface area contributed by atoms with Gasteiger partial charge in [-0.1, -0.05) is 6.07 Å². The Labute approximate surface area is 114 Å². The molecule has 5 nitrogen and oxygen atoms in total. The van der Waals surface area contributed by atoms with Crippen molar-refractivity contribution >= 4 is 10.0 Å². The van der Waals surface area contributed by atoms with Crippen LogP contribution in [0.1, 0.15) is 17.5 Å². The van der Waals surface area contributed by atoms with E-state index < -0.39 is 16.1 Å². The molecule has 0 radical (unpaired) electrons. The van der Waals surface area contributed by atoms with Crippen LogP contribution in [0.2, 0.25) is 0 Å². The second kappa shape index (κ2) is 7.00. The van der Waals surface area contributed by atoms with E-state index in [0.717, 1.165) is 11.1 Å². The lowest BCUT2D eigenvalue weighted by Gasteiger charge is -2.11. The van der Waals surface area contributed by atoms with E-state index in [-0.39, 0.29) is 18.0 Å². The van der Waals surface area contributed by atoms with Gasteiger partial charge in [0, 0.05) is 13.7 Å². The van der Waals surface area contributed by atoms with Gasteiger partial charge >= 0.3 is 0 Å². The van der Waals surface area contributed by atoms with Gasteiger partial charge in [-0.15, -0.1) is 0 Å². The summed E-state index contributed by atoms with van der Waals surface area (Å²) < 4.78 is 31.4. The third kappa shape index (κ3) is 5.28. The molecule has 6 heteroatoms. The Bertz CT molecular complexity index is 493. The molecule has 108 valence electrons. The van der Waals surface area contributed by atoms with Crippen molar-refractivity contribution < 1.29 is 18.3 Å². The summed E-state index contributed by atoms with van der Waals surface area (Å²) in [5.74, 6) is 0. The molecule has 0 saturated carbocycles. The van der Waals surface area contributed by atoms with E-state index in [2.05, 4.69) is 4.72 Å². The highest BCUT2D eigenvalue weighted by Gasteiger charge is 2.15. The van der Waals surface area contributed by atoms with Crippen LogP contribution < -0.4 is 4.72 Å². The number of sulfonamides is 1. The van der Waals surface area contributed by atoms with Crippen LogP contribution in [0.15, 0.2) is 23.1 Å². The van der Waals surface area contributed by atoms with Crippen molar-refractivity contribution in [2.75, 3.05) is 20.3 Å². The molecule has 1 atom stereocenters. The zero-order valence-electron chi connectivity index (χ0n) is 11.5. The summed E-state index contributed by atoms with van der Waals surface area (Å²) in [5.41, 5.74) is 1.81. The molecule has 1 aromatic rings. The number of aryl methyl sites for hydroxylation is 2. The van der Waals surface area contributed by atoms with Gasteiger partial charge < -0.3 is 9.84 Å². The fourth-order valence-corrected chi connectivity index (χ4v) is 3.04. The van der Waals surface area contributed by atoms with E-state index in [4.69, 9.17) is 4.74 Å². The van der Waals surface area contributed by atoms with Crippen molar-refractivity contribution in [3.05, 3.63) is 29.3 Å². The Morgan fingerprint density at radius 2 is 1.84 bits per heavy atom. The first kappa shape index (κ1) is 16.1. The summed E-state index contributed by atoms with van der Waals surface area (Å²) in [4.78, 5) is 0.256. The lowest BCUT2D eigenvalue weighted by molar-refractivity contribution is 0.0603. The van der Waals surface area contributed by atoms with Gasteiger partial charge in [-0.05, 0) is 43.5 Å². The van der Waals surface area contributed by atoms with E-state index in [9.17, 15) is 13.5 Å². The second-order valence-electron chi connectivity index (χ2n) is 4.62. The SMILES string of the molecule is COCC(O)CCNS(=O)(=O)c1cc(C)cc(C)c1. The Hall–Kier alpha value is -0.950. The van der Waals surface area contributed by atoms with Crippen LogP contribution >= 0.6 is 0 Å². The quantitative estimate of drug-likeness (QED) is 0.784. The number of rotatable bonds is 7. The van der Waals surface area contributed by atoms with Gasteiger partial charge in [0.15, 0.2) is 0 Å². The fourth-order valence-electron chi connectivity index (χ4n) is 1.81. The molecule has 0 heterocycles. The fraction of sp³-hybridized carbons (Fsp3) is 0.538. The Balaban J connectivity index is 2.66. The zero-order chi connectivity index (χ0) is 14.5. The molecule has 0 bridgehead atoms. The van der Waals surface area contributed by atoms with Crippen molar-refractivity contribution in [2.24, 2.45) is 0 Å². The number of methoxy groups -OCH3 is 1. The van der Waals surface area contributed by atoms with Crippen molar-refractivity contribution in [3.8, 4) is 0 Å². The van der Waals surface area contributed by atoms with Crippen LogP contribution in [0.5, 0.6) is 0 Å². The van der Waals surface area contributed by atoms with Gasteiger partial charge in [-0.2, -0.15) is 0 Å². The van der Waals surface area contributed by atoms with Crippen LogP contribution in [0.3, 0.4) is 0 Å². The molecule has 1 rings (SSSR count). The first-order chi connectivity index (χ1) is 8.85. The van der Waals surface area contributed by atoms with E-state index >= 15 is 0 Å². The molecule has 0 spiro atoms. The van der Waals surface area contributed by atoms with Crippen LogP contribution in [0, 0.1) is 13.8 Å². The maximum absolute atomic E-state index is 12.1. The molecule has 0 aliphatic rings. The van der Waals surface area contributed by atoms with Crippen LogP contribution in [-0.4, -0.2) is 39.9 Å². The first-order valence-electron chi connectivity index (χ1n) is 6.10. The molecular weight excluding hydrogens is 266 g/mol. The molecular formula is C13H21NO4S. The predicted molar refractivity (Wildman–Crippen MR) is 73.6 cm³/mol. The number of aliphatic hydroxyl groups excluding tert-OH is 1. The van der Waals surface area contributed by atoms with E-state index in [1.807, 2.05) is 19.9 Å². The molecule has 0 saturated heterocycles. The van der Waals surface area contributed by atoms with Gasteiger partial charge in [0.25, 0.3) is 0 Å². The largest absolute Gasteiger partial charge is 0.391 e. The van der Waals surface area contributed by atoms with E-state index in [0.29, 0.717) is 6.42 Å². The highest BCUT2D eigenvalue weighted by molar-refractivity contribution is 7.89. The maximum Gasteiger partial charge on any atom is 0.240 e. The van der Waals surface area contributed by atoms with Gasteiger partial charge in [0.1, 0.15) is 0 Å². The van der Waals surface area contributed by atoms with Gasteiger partial charge in [-0.3, -0.25) is 0 Å². The number of nitrogens with one attached hydrogen (secondary N) is 1. The van der Waals surface area contributed by atoms with Crippen molar-refractivity contribution in [1.29, 1.82) is 0 Å². The molecule has 1 unspecified atom stereocenters. The predicted octanol–water partition coefficient (Wildman–Crippen LogP) is 0.979. The third-order valence-corrected chi connectivity index (χ3v) is 4.07. The standard InChI is InChI=1S/C13H21NO4S/c1-10-6-11(2)8-13(7-10)19(16,17)14-5-4-12(15)9-18-3/h6-8,12,14-15H,4-5,9H2,1-3H3. The molecule has 0 fully saturated rings. The lowest BCUT2D eigenvalue weighted by atomic mass is 10.2. The minimum atomic E-state index is -3.52. The Kier molecular flexibility index (Phi) is 5.93. The molecule has 0 aliphatic carbocycles. The number of benzene rings is 1. The highest BCUT2D eigenvalue weighted by atomic mass is 32.2. The maximum atomic E-state index is 12.1. The average molecular weight is 287 g/mol. The lowest BCUT2D eigenvalue weighted by Crippen LogP contribution is -2.28. The number of aliphatic hydroxyl groups is 1. The second-order valence-corrected chi connectivity index (χ2v) is 6.39. The molecule has 0 amide bonds. The zero-order valence-corrected chi connectivity index (χ0v) is 12.3. The molecule has 0 aromatic heterocycles. The van der Waals surface area contributed by atoms with Gasteiger partial charge in [0.05, 0.1) is 17.6 Å². The Morgan fingerprint density at radius 3 is 2.37 bits per heavy atom. The summed E-state index contributed by atoms with van der Waals surface area (Å²) in [6.45, 7) is 4.09. The minimum absolute atomic E-state index is 0.180. The van der Waals surface area contributed by atoms with Crippen molar-refractivity contribution in [2.45, 2.75) is 31.3 Å². The third-order valence-electron chi connectivity index (χ3n) is 2.63. The summed E-state index contributed by atoms with van der Waals surface area (Å²) in [7, 11) is -2.03. The van der Waals surface area contributed by atoms with Crippen LogP contribution in [0.4, 0.5) is 0 Å². The topological polar surface area (TPSA) is 75.6 Å². The molecule has 2 N–H and O–H groups in total. The minimum Gasteiger partial charge on any atom is -0.391 e. The van der Waals surface area contributed by atoms with Crippen molar-refractivity contribution in [1.82, 2.24) is 4.72 Å². The van der Waals surface area contributed by atoms with E-state index in [1.165, 1.54) is 7.11 Å².